The maximum atomic E-state index is 13.5. The van der Waals surface area contributed by atoms with Crippen LogP contribution >= 0.6 is 11.3 Å². The summed E-state index contributed by atoms with van der Waals surface area (Å²) in [6.45, 7) is 3.72. The SMILES string of the molecule is CCOC(=O)C1=C(C)n2c(s/c(=C\c3c(O)ccc4ccccc34)c2=O)=N[C@H]1c1ccccc1. The van der Waals surface area contributed by atoms with E-state index < -0.39 is 12.0 Å². The lowest BCUT2D eigenvalue weighted by Crippen LogP contribution is -2.35. The molecule has 0 saturated heterocycles. The zero-order valence-corrected chi connectivity index (χ0v) is 19.5. The quantitative estimate of drug-likeness (QED) is 0.461. The van der Waals surface area contributed by atoms with Crippen molar-refractivity contribution in [2.75, 3.05) is 6.61 Å². The minimum Gasteiger partial charge on any atom is -0.507 e. The van der Waals surface area contributed by atoms with Crippen LogP contribution < -0.4 is 14.9 Å². The van der Waals surface area contributed by atoms with E-state index in [2.05, 4.69) is 0 Å². The third kappa shape index (κ3) is 3.64. The number of carbonyl (C=O) groups is 1. The Morgan fingerprint density at radius 1 is 1.12 bits per heavy atom. The van der Waals surface area contributed by atoms with Gasteiger partial charge in [0.25, 0.3) is 5.56 Å². The number of esters is 1. The van der Waals surface area contributed by atoms with Gasteiger partial charge >= 0.3 is 5.97 Å². The third-order valence-corrected chi connectivity index (χ3v) is 6.86. The molecule has 0 amide bonds. The lowest BCUT2D eigenvalue weighted by Gasteiger charge is -2.22. The van der Waals surface area contributed by atoms with Crippen molar-refractivity contribution in [3.63, 3.8) is 0 Å². The van der Waals surface area contributed by atoms with Crippen LogP contribution in [0.15, 0.2) is 82.1 Å². The first-order valence-corrected chi connectivity index (χ1v) is 11.8. The number of rotatable bonds is 4. The normalized spacial score (nSPS) is 15.8. The second kappa shape index (κ2) is 8.76. The Morgan fingerprint density at radius 2 is 1.85 bits per heavy atom. The monoisotopic (exact) mass is 470 g/mol. The van der Waals surface area contributed by atoms with Gasteiger partial charge in [-0.2, -0.15) is 0 Å². The minimum atomic E-state index is -0.572. The van der Waals surface area contributed by atoms with Gasteiger partial charge in [0.05, 0.1) is 16.7 Å². The Bertz CT molecular complexity index is 1630. The second-order valence-electron chi connectivity index (χ2n) is 7.92. The molecular weight excluding hydrogens is 448 g/mol. The minimum absolute atomic E-state index is 0.0908. The second-order valence-corrected chi connectivity index (χ2v) is 8.92. The maximum absolute atomic E-state index is 13.5. The molecule has 0 fully saturated rings. The molecule has 1 aliphatic rings. The summed E-state index contributed by atoms with van der Waals surface area (Å²) in [5, 5.41) is 12.4. The van der Waals surface area contributed by atoms with E-state index in [1.807, 2.05) is 60.7 Å². The van der Waals surface area contributed by atoms with Crippen molar-refractivity contribution in [2.24, 2.45) is 4.99 Å². The molecule has 1 aromatic heterocycles. The standard InChI is InChI=1S/C27H22N2O4S/c1-3-33-26(32)23-16(2)29-25(31)22(34-27(29)28-24(23)18-10-5-4-6-11-18)15-20-19-12-8-7-9-17(19)13-14-21(20)30/h4-15,24,30H,3H2,1-2H3/b22-15-/t24-/m0/s1. The molecule has 0 unspecified atom stereocenters. The average molecular weight is 471 g/mol. The summed E-state index contributed by atoms with van der Waals surface area (Å²) in [6, 6.07) is 20.1. The number of benzene rings is 3. The lowest BCUT2D eigenvalue weighted by atomic mass is 9.97. The number of hydrogen-bond donors (Lipinski definition) is 1. The molecule has 5 rings (SSSR count). The van der Waals surface area contributed by atoms with Crippen molar-refractivity contribution < 1.29 is 14.6 Å². The molecule has 1 atom stereocenters. The predicted molar refractivity (Wildman–Crippen MR) is 133 cm³/mol. The highest BCUT2D eigenvalue weighted by Gasteiger charge is 2.31. The van der Waals surface area contributed by atoms with Crippen LogP contribution in [0, 0.1) is 0 Å². The van der Waals surface area contributed by atoms with E-state index in [0.29, 0.717) is 26.2 Å². The molecular formula is C27H22N2O4S. The summed E-state index contributed by atoms with van der Waals surface area (Å²) in [7, 11) is 0. The van der Waals surface area contributed by atoms with Gasteiger partial charge in [0.2, 0.25) is 0 Å². The fourth-order valence-electron chi connectivity index (χ4n) is 4.26. The van der Waals surface area contributed by atoms with Crippen LogP contribution in [-0.2, 0) is 9.53 Å². The topological polar surface area (TPSA) is 80.9 Å². The van der Waals surface area contributed by atoms with Crippen LogP contribution in [0.4, 0.5) is 0 Å². The van der Waals surface area contributed by atoms with Crippen LogP contribution in [0.25, 0.3) is 22.5 Å². The molecule has 6 nitrogen and oxygen atoms in total. The summed E-state index contributed by atoms with van der Waals surface area (Å²) in [5.41, 5.74) is 1.97. The van der Waals surface area contributed by atoms with Gasteiger partial charge in [-0.3, -0.25) is 9.36 Å². The molecule has 0 aliphatic carbocycles. The predicted octanol–water partition coefficient (Wildman–Crippen LogP) is 3.77. The van der Waals surface area contributed by atoms with Crippen LogP contribution in [0.3, 0.4) is 0 Å². The zero-order valence-electron chi connectivity index (χ0n) is 18.7. The summed E-state index contributed by atoms with van der Waals surface area (Å²) in [5.74, 6) is -0.397. The first kappa shape index (κ1) is 21.9. The first-order chi connectivity index (χ1) is 16.5. The van der Waals surface area contributed by atoms with Crippen molar-refractivity contribution >= 4 is 39.9 Å². The van der Waals surface area contributed by atoms with Crippen molar-refractivity contribution in [3.8, 4) is 5.75 Å². The van der Waals surface area contributed by atoms with E-state index in [0.717, 1.165) is 16.3 Å². The van der Waals surface area contributed by atoms with Crippen molar-refractivity contribution in [1.29, 1.82) is 0 Å². The number of ether oxygens (including phenoxy) is 1. The Hall–Kier alpha value is -3.97. The molecule has 3 aromatic carbocycles. The number of hydrogen-bond acceptors (Lipinski definition) is 6. The van der Waals surface area contributed by atoms with Crippen molar-refractivity contribution in [1.82, 2.24) is 4.57 Å². The maximum Gasteiger partial charge on any atom is 0.338 e. The van der Waals surface area contributed by atoms with Gasteiger partial charge in [-0.15, -0.1) is 0 Å². The summed E-state index contributed by atoms with van der Waals surface area (Å²) >= 11 is 1.23. The first-order valence-electron chi connectivity index (χ1n) is 10.9. The Kier molecular flexibility index (Phi) is 5.63. The number of aromatic hydroxyl groups is 1. The van der Waals surface area contributed by atoms with E-state index in [4.69, 9.17) is 9.73 Å². The summed E-state index contributed by atoms with van der Waals surface area (Å²) in [6.07, 6.45) is 1.69. The number of nitrogens with zero attached hydrogens (tertiary/aromatic N) is 2. The van der Waals surface area contributed by atoms with Gasteiger partial charge < -0.3 is 9.84 Å². The van der Waals surface area contributed by atoms with Crippen LogP contribution in [0.1, 0.15) is 31.0 Å². The average Bonchev–Trinajstić information content (AvgIpc) is 3.16. The zero-order chi connectivity index (χ0) is 23.8. The molecule has 0 bridgehead atoms. The molecule has 170 valence electrons. The lowest BCUT2D eigenvalue weighted by molar-refractivity contribution is -0.138. The largest absolute Gasteiger partial charge is 0.507 e. The highest BCUT2D eigenvalue weighted by molar-refractivity contribution is 7.07. The molecule has 1 N–H and O–H groups in total. The molecule has 34 heavy (non-hydrogen) atoms. The fourth-order valence-corrected chi connectivity index (χ4v) is 5.28. The number of fused-ring (bicyclic) bond motifs is 2. The van der Waals surface area contributed by atoms with E-state index >= 15 is 0 Å². The van der Waals surface area contributed by atoms with E-state index in [-0.39, 0.29) is 17.9 Å². The van der Waals surface area contributed by atoms with E-state index in [1.54, 1.807) is 26.0 Å². The van der Waals surface area contributed by atoms with Crippen LogP contribution in [0.2, 0.25) is 0 Å². The van der Waals surface area contributed by atoms with E-state index in [9.17, 15) is 14.7 Å². The molecule has 0 saturated carbocycles. The fraction of sp³-hybridized carbons (Fsp3) is 0.148. The number of phenols is 1. The van der Waals surface area contributed by atoms with Crippen LogP contribution in [0.5, 0.6) is 5.75 Å². The summed E-state index contributed by atoms with van der Waals surface area (Å²) < 4.78 is 7.20. The molecule has 0 radical (unpaired) electrons. The molecule has 7 heteroatoms. The van der Waals surface area contributed by atoms with Crippen molar-refractivity contribution in [3.05, 3.63) is 103 Å². The van der Waals surface area contributed by atoms with Gasteiger partial charge in [-0.05, 0) is 42.3 Å². The van der Waals surface area contributed by atoms with Gasteiger partial charge in [0.1, 0.15) is 11.8 Å². The Morgan fingerprint density at radius 3 is 2.62 bits per heavy atom. The smallest absolute Gasteiger partial charge is 0.338 e. The third-order valence-electron chi connectivity index (χ3n) is 5.88. The van der Waals surface area contributed by atoms with Crippen molar-refractivity contribution in [2.45, 2.75) is 19.9 Å². The number of allylic oxidation sites excluding steroid dienone is 1. The number of aromatic nitrogens is 1. The molecule has 1 aliphatic heterocycles. The molecule has 2 heterocycles. The molecule has 4 aromatic rings. The summed E-state index contributed by atoms with van der Waals surface area (Å²) in [4.78, 5) is 31.7. The highest BCUT2D eigenvalue weighted by Crippen LogP contribution is 2.32. The highest BCUT2D eigenvalue weighted by atomic mass is 32.1. The number of carbonyl (C=O) groups excluding carboxylic acids is 1. The van der Waals surface area contributed by atoms with Gasteiger partial charge in [-0.25, -0.2) is 9.79 Å². The van der Waals surface area contributed by atoms with Crippen LogP contribution in [-0.4, -0.2) is 22.2 Å². The van der Waals surface area contributed by atoms with Gasteiger partial charge in [0, 0.05) is 11.3 Å². The van der Waals surface area contributed by atoms with Gasteiger partial charge in [0.15, 0.2) is 4.80 Å². The Balaban J connectivity index is 1.77. The number of phenolic OH excluding ortho intramolecular Hbond substituents is 1. The van der Waals surface area contributed by atoms with Gasteiger partial charge in [-0.1, -0.05) is 72.0 Å². The number of thiazole rings is 1. The Labute approximate surface area is 199 Å². The molecule has 0 spiro atoms. The van der Waals surface area contributed by atoms with E-state index in [1.165, 1.54) is 15.9 Å².